The summed E-state index contributed by atoms with van der Waals surface area (Å²) in [4.78, 5) is 13.4. The Morgan fingerprint density at radius 1 is 1.29 bits per heavy atom. The third kappa shape index (κ3) is 4.09. The second kappa shape index (κ2) is 8.01. The molecule has 2 aromatic carbocycles. The summed E-state index contributed by atoms with van der Waals surface area (Å²) >= 11 is 7.34. The van der Waals surface area contributed by atoms with E-state index in [0.717, 1.165) is 30.1 Å². The van der Waals surface area contributed by atoms with Gasteiger partial charge in [0.1, 0.15) is 0 Å². The van der Waals surface area contributed by atoms with Crippen LogP contribution in [0.25, 0.3) is 0 Å². The minimum atomic E-state index is -0.628. The predicted molar refractivity (Wildman–Crippen MR) is 95.5 cm³/mol. The van der Waals surface area contributed by atoms with Gasteiger partial charge in [-0.3, -0.25) is 4.79 Å². The van der Waals surface area contributed by atoms with Crippen LogP contribution in [0.3, 0.4) is 0 Å². The summed E-state index contributed by atoms with van der Waals surface area (Å²) < 4.78 is 19.6. The van der Waals surface area contributed by atoms with Crippen molar-refractivity contribution in [1.29, 1.82) is 0 Å². The number of nitrogens with one attached hydrogen (secondary N) is 1. The van der Waals surface area contributed by atoms with E-state index in [1.54, 1.807) is 30.0 Å². The highest BCUT2D eigenvalue weighted by Crippen LogP contribution is 2.28. The fraction of sp³-hybridized carbons (Fsp3) is 0.278. The van der Waals surface area contributed by atoms with Crippen molar-refractivity contribution < 1.29 is 13.9 Å². The lowest BCUT2D eigenvalue weighted by molar-refractivity contribution is 0.102. The summed E-state index contributed by atoms with van der Waals surface area (Å²) in [7, 11) is 0. The van der Waals surface area contributed by atoms with Crippen molar-refractivity contribution in [3.63, 3.8) is 0 Å². The van der Waals surface area contributed by atoms with Gasteiger partial charge in [0, 0.05) is 17.3 Å². The van der Waals surface area contributed by atoms with Crippen molar-refractivity contribution in [3.05, 3.63) is 58.9 Å². The van der Waals surface area contributed by atoms with Crippen LogP contribution in [0.15, 0.2) is 47.4 Å². The van der Waals surface area contributed by atoms with Crippen LogP contribution in [0.5, 0.6) is 0 Å². The van der Waals surface area contributed by atoms with Crippen molar-refractivity contribution in [1.82, 2.24) is 0 Å². The zero-order valence-corrected chi connectivity index (χ0v) is 14.5. The smallest absolute Gasteiger partial charge is 0.256 e. The number of carbonyl (C=O) groups is 1. The summed E-state index contributed by atoms with van der Waals surface area (Å²) in [6.07, 6.45) is 2.37. The van der Waals surface area contributed by atoms with Crippen molar-refractivity contribution in [2.75, 3.05) is 17.7 Å². The van der Waals surface area contributed by atoms with Crippen LogP contribution in [-0.2, 0) is 4.74 Å². The minimum absolute atomic E-state index is 0.0196. The third-order valence-electron chi connectivity index (χ3n) is 3.78. The second-order valence-electron chi connectivity index (χ2n) is 5.50. The summed E-state index contributed by atoms with van der Waals surface area (Å²) in [6.45, 7) is 0.807. The molecule has 0 unspecified atom stereocenters. The summed E-state index contributed by atoms with van der Waals surface area (Å²) in [6, 6.07) is 11.8. The molecule has 2 aromatic rings. The Kier molecular flexibility index (Phi) is 5.76. The molecule has 1 N–H and O–H groups in total. The van der Waals surface area contributed by atoms with Crippen LogP contribution in [0.2, 0.25) is 5.02 Å². The number of hydrogen-bond donors (Lipinski definition) is 1. The highest BCUT2D eigenvalue weighted by molar-refractivity contribution is 7.99. The van der Waals surface area contributed by atoms with Gasteiger partial charge in [0.2, 0.25) is 0 Å². The van der Waals surface area contributed by atoms with Gasteiger partial charge in [-0.25, -0.2) is 4.39 Å². The van der Waals surface area contributed by atoms with Gasteiger partial charge in [0.25, 0.3) is 5.91 Å². The molecule has 1 heterocycles. The number of anilines is 1. The molecule has 3 nitrogen and oxygen atoms in total. The van der Waals surface area contributed by atoms with E-state index in [-0.39, 0.29) is 22.7 Å². The number of hydrogen-bond acceptors (Lipinski definition) is 3. The second-order valence-corrected chi connectivity index (χ2v) is 6.97. The van der Waals surface area contributed by atoms with Gasteiger partial charge >= 0.3 is 0 Å². The molecule has 0 saturated carbocycles. The molecule has 24 heavy (non-hydrogen) atoms. The zero-order valence-electron chi connectivity index (χ0n) is 12.9. The summed E-state index contributed by atoms with van der Waals surface area (Å²) in [5.41, 5.74) is 0.589. The number of amides is 1. The molecular weight excluding hydrogens is 349 g/mol. The van der Waals surface area contributed by atoms with E-state index in [4.69, 9.17) is 16.3 Å². The van der Waals surface area contributed by atoms with Crippen LogP contribution in [0.4, 0.5) is 10.1 Å². The summed E-state index contributed by atoms with van der Waals surface area (Å²) in [5.74, 6) is -0.181. The first-order chi connectivity index (χ1) is 11.6. The predicted octanol–water partition coefficient (Wildman–Crippen LogP) is 5.00. The van der Waals surface area contributed by atoms with E-state index in [9.17, 15) is 9.18 Å². The van der Waals surface area contributed by atoms with Crippen molar-refractivity contribution in [2.24, 2.45) is 0 Å². The highest BCUT2D eigenvalue weighted by atomic mass is 35.5. The molecule has 0 aliphatic carbocycles. The number of halogens is 2. The SMILES string of the molecule is O=C(Nc1cccc(Cl)c1F)c1ccccc1SC[C@H]1CCCO1. The topological polar surface area (TPSA) is 38.3 Å². The monoisotopic (exact) mass is 365 g/mol. The average Bonchev–Trinajstić information content (AvgIpc) is 3.11. The van der Waals surface area contributed by atoms with Crippen molar-refractivity contribution in [2.45, 2.75) is 23.8 Å². The number of ether oxygens (including phenoxy) is 1. The molecule has 6 heteroatoms. The van der Waals surface area contributed by atoms with Gasteiger partial charge in [-0.05, 0) is 37.1 Å². The normalized spacial score (nSPS) is 17.0. The molecule has 0 bridgehead atoms. The Hall–Kier alpha value is -1.56. The number of rotatable bonds is 5. The van der Waals surface area contributed by atoms with E-state index >= 15 is 0 Å². The van der Waals surface area contributed by atoms with Crippen LogP contribution >= 0.6 is 23.4 Å². The fourth-order valence-electron chi connectivity index (χ4n) is 2.53. The Morgan fingerprint density at radius 2 is 2.12 bits per heavy atom. The van der Waals surface area contributed by atoms with Crippen LogP contribution < -0.4 is 5.32 Å². The molecular formula is C18H17ClFNO2S. The Bertz CT molecular complexity index is 735. The van der Waals surface area contributed by atoms with Crippen LogP contribution in [0, 0.1) is 5.82 Å². The van der Waals surface area contributed by atoms with Gasteiger partial charge in [-0.15, -0.1) is 11.8 Å². The lowest BCUT2D eigenvalue weighted by Crippen LogP contribution is -2.15. The van der Waals surface area contributed by atoms with Gasteiger partial charge in [-0.2, -0.15) is 0 Å². The van der Waals surface area contributed by atoms with E-state index < -0.39 is 5.82 Å². The van der Waals surface area contributed by atoms with E-state index in [0.29, 0.717) is 5.56 Å². The molecule has 1 saturated heterocycles. The molecule has 1 amide bonds. The number of benzene rings is 2. The third-order valence-corrected chi connectivity index (χ3v) is 5.28. The molecule has 1 aliphatic heterocycles. The molecule has 0 aromatic heterocycles. The van der Waals surface area contributed by atoms with Gasteiger partial charge in [0.05, 0.1) is 22.4 Å². The van der Waals surface area contributed by atoms with Gasteiger partial charge < -0.3 is 10.1 Å². The first-order valence-electron chi connectivity index (χ1n) is 7.74. The molecule has 0 radical (unpaired) electrons. The Balaban J connectivity index is 1.73. The fourth-order valence-corrected chi connectivity index (χ4v) is 3.82. The quantitative estimate of drug-likeness (QED) is 0.757. The van der Waals surface area contributed by atoms with Gasteiger partial charge in [0.15, 0.2) is 5.82 Å². The van der Waals surface area contributed by atoms with E-state index in [1.807, 2.05) is 12.1 Å². The van der Waals surface area contributed by atoms with E-state index in [1.165, 1.54) is 12.1 Å². The van der Waals surface area contributed by atoms with Gasteiger partial charge in [-0.1, -0.05) is 29.8 Å². The zero-order chi connectivity index (χ0) is 16.9. The maximum absolute atomic E-state index is 14.0. The maximum atomic E-state index is 14.0. The lowest BCUT2D eigenvalue weighted by Gasteiger charge is -2.13. The molecule has 126 valence electrons. The lowest BCUT2D eigenvalue weighted by atomic mass is 10.2. The largest absolute Gasteiger partial charge is 0.377 e. The average molecular weight is 366 g/mol. The highest BCUT2D eigenvalue weighted by Gasteiger charge is 2.18. The van der Waals surface area contributed by atoms with Crippen LogP contribution in [0.1, 0.15) is 23.2 Å². The van der Waals surface area contributed by atoms with Crippen LogP contribution in [-0.4, -0.2) is 24.4 Å². The Morgan fingerprint density at radius 3 is 2.92 bits per heavy atom. The van der Waals surface area contributed by atoms with Crippen molar-refractivity contribution >= 4 is 35.0 Å². The first-order valence-corrected chi connectivity index (χ1v) is 9.10. The number of carbonyl (C=O) groups excluding carboxylic acids is 1. The maximum Gasteiger partial charge on any atom is 0.256 e. The molecule has 1 fully saturated rings. The molecule has 3 rings (SSSR count). The van der Waals surface area contributed by atoms with Crippen molar-refractivity contribution in [3.8, 4) is 0 Å². The molecule has 0 spiro atoms. The number of thioether (sulfide) groups is 1. The first kappa shape index (κ1) is 17.3. The summed E-state index contributed by atoms with van der Waals surface area (Å²) in [5, 5.41) is 2.57. The molecule has 1 atom stereocenters. The minimum Gasteiger partial charge on any atom is -0.377 e. The Labute approximate surface area is 149 Å². The molecule has 1 aliphatic rings. The van der Waals surface area contributed by atoms with E-state index in [2.05, 4.69) is 5.32 Å². The standard InChI is InChI=1S/C18H17ClFNO2S/c19-14-7-3-8-15(17(14)20)21-18(22)13-6-1-2-9-16(13)24-11-12-5-4-10-23-12/h1-3,6-9,12H,4-5,10-11H2,(H,21,22)/t12-/m1/s1.